The van der Waals surface area contributed by atoms with Crippen LogP contribution in [0.25, 0.3) is 0 Å². The van der Waals surface area contributed by atoms with Gasteiger partial charge in [-0.1, -0.05) is 36.9 Å². The zero-order chi connectivity index (χ0) is 18.9. The van der Waals surface area contributed by atoms with Crippen LogP contribution < -0.4 is 4.90 Å². The second kappa shape index (κ2) is 7.78. The number of benzene rings is 1. The highest BCUT2D eigenvalue weighted by atomic mass is 32.2. The van der Waals surface area contributed by atoms with Gasteiger partial charge in [0.25, 0.3) is 0 Å². The average molecular weight is 393 g/mol. The summed E-state index contributed by atoms with van der Waals surface area (Å²) in [5, 5.41) is 1.20. The number of amidine groups is 1. The number of aromatic nitrogens is 1. The van der Waals surface area contributed by atoms with Gasteiger partial charge >= 0.3 is 0 Å². The molecule has 2 fully saturated rings. The summed E-state index contributed by atoms with van der Waals surface area (Å²) in [7, 11) is 0. The maximum absolute atomic E-state index is 5.12. The van der Waals surface area contributed by atoms with Gasteiger partial charge in [0.1, 0.15) is 6.04 Å². The molecule has 146 valence electrons. The molecule has 1 aromatic carbocycles. The average Bonchev–Trinajstić information content (AvgIpc) is 3.34. The number of hydrogen-bond acceptors (Lipinski definition) is 5. The second-order valence-corrected chi connectivity index (χ2v) is 8.96. The van der Waals surface area contributed by atoms with Gasteiger partial charge in [0.15, 0.2) is 5.17 Å². The van der Waals surface area contributed by atoms with Gasteiger partial charge in [-0.2, -0.15) is 0 Å². The lowest BCUT2D eigenvalue weighted by molar-refractivity contribution is 0.255. The molecule has 0 unspecified atom stereocenters. The van der Waals surface area contributed by atoms with Crippen molar-refractivity contribution < 1.29 is 0 Å². The second-order valence-electron chi connectivity index (χ2n) is 7.98. The Morgan fingerprint density at radius 2 is 1.86 bits per heavy atom. The first-order valence-corrected chi connectivity index (χ1v) is 11.6. The van der Waals surface area contributed by atoms with Crippen LogP contribution in [0.4, 0.5) is 5.69 Å². The molecule has 3 aliphatic heterocycles. The van der Waals surface area contributed by atoms with Crippen LogP contribution in [0.15, 0.2) is 53.7 Å². The first kappa shape index (κ1) is 18.0. The molecule has 1 aromatic heterocycles. The van der Waals surface area contributed by atoms with Crippen LogP contribution in [0.2, 0.25) is 0 Å². The molecule has 28 heavy (non-hydrogen) atoms. The van der Waals surface area contributed by atoms with Gasteiger partial charge in [0.2, 0.25) is 0 Å². The summed E-state index contributed by atoms with van der Waals surface area (Å²) in [6.45, 7) is 4.67. The summed E-state index contributed by atoms with van der Waals surface area (Å²) in [6.07, 6.45) is 7.04. The molecule has 4 nitrogen and oxygen atoms in total. The Kier molecular flexibility index (Phi) is 5.02. The Bertz CT molecular complexity index is 829. The summed E-state index contributed by atoms with van der Waals surface area (Å²) in [5.74, 6) is 1.15. The Balaban J connectivity index is 1.48. The highest BCUT2D eigenvalue weighted by Gasteiger charge is 2.45. The van der Waals surface area contributed by atoms with Crippen molar-refractivity contribution in [3.8, 4) is 0 Å². The summed E-state index contributed by atoms with van der Waals surface area (Å²) in [4.78, 5) is 14.9. The number of piperidine rings is 1. The van der Waals surface area contributed by atoms with Crippen LogP contribution in [0, 0.1) is 0 Å². The maximum Gasteiger partial charge on any atom is 0.160 e. The minimum absolute atomic E-state index is 0.0823. The van der Waals surface area contributed by atoms with Gasteiger partial charge in [0, 0.05) is 36.8 Å². The quantitative estimate of drug-likeness (QED) is 0.729. The monoisotopic (exact) mass is 392 g/mol. The lowest BCUT2D eigenvalue weighted by Crippen LogP contribution is -2.35. The topological polar surface area (TPSA) is 31.7 Å². The van der Waals surface area contributed by atoms with E-state index in [0.717, 1.165) is 17.9 Å². The van der Waals surface area contributed by atoms with Gasteiger partial charge in [-0.05, 0) is 55.5 Å². The van der Waals surface area contributed by atoms with Crippen molar-refractivity contribution in [2.24, 2.45) is 4.99 Å². The molecular formula is C23H28N4S. The van der Waals surface area contributed by atoms with E-state index in [0.29, 0.717) is 6.04 Å². The first-order valence-electron chi connectivity index (χ1n) is 10.6. The zero-order valence-corrected chi connectivity index (χ0v) is 17.3. The van der Waals surface area contributed by atoms with Crippen molar-refractivity contribution in [2.75, 3.05) is 23.7 Å². The minimum Gasteiger partial charge on any atom is -0.372 e. The van der Waals surface area contributed by atoms with E-state index in [1.54, 1.807) is 0 Å². The molecule has 5 heteroatoms. The molecule has 2 aromatic rings. The van der Waals surface area contributed by atoms with Crippen LogP contribution in [-0.2, 0) is 0 Å². The first-order chi connectivity index (χ1) is 13.8. The van der Waals surface area contributed by atoms with Gasteiger partial charge < -0.3 is 9.80 Å². The van der Waals surface area contributed by atoms with Gasteiger partial charge in [0.05, 0.1) is 11.7 Å². The number of anilines is 1. The third kappa shape index (κ3) is 3.20. The predicted molar refractivity (Wildman–Crippen MR) is 118 cm³/mol. The van der Waals surface area contributed by atoms with E-state index in [2.05, 4.69) is 58.1 Å². The molecule has 4 heterocycles. The van der Waals surface area contributed by atoms with E-state index >= 15 is 0 Å². The molecule has 5 rings (SSSR count). The van der Waals surface area contributed by atoms with Gasteiger partial charge in [-0.3, -0.25) is 9.98 Å². The molecule has 0 saturated carbocycles. The van der Waals surface area contributed by atoms with Crippen molar-refractivity contribution in [1.29, 1.82) is 0 Å². The van der Waals surface area contributed by atoms with E-state index in [1.165, 1.54) is 48.8 Å². The largest absolute Gasteiger partial charge is 0.372 e. The molecule has 0 spiro atoms. The van der Waals surface area contributed by atoms with E-state index in [-0.39, 0.29) is 12.1 Å². The van der Waals surface area contributed by atoms with Gasteiger partial charge in [-0.15, -0.1) is 0 Å². The SMILES string of the molecule is CC[C@H]1CSC2=N[C@@H](c3ccccn3)[C@@H](c3ccc(N4CCCCC4)cc3)N21. The smallest absolute Gasteiger partial charge is 0.160 e. The Labute approximate surface area is 172 Å². The van der Waals surface area contributed by atoms with Crippen LogP contribution in [0.5, 0.6) is 0 Å². The lowest BCUT2D eigenvalue weighted by atomic mass is 9.95. The Morgan fingerprint density at radius 1 is 1.04 bits per heavy atom. The number of nitrogens with zero attached hydrogens (tertiary/aromatic N) is 4. The third-order valence-corrected chi connectivity index (χ3v) is 7.41. The van der Waals surface area contributed by atoms with Crippen molar-refractivity contribution in [3.05, 3.63) is 59.9 Å². The number of rotatable bonds is 4. The van der Waals surface area contributed by atoms with Crippen molar-refractivity contribution >= 4 is 22.6 Å². The summed E-state index contributed by atoms with van der Waals surface area (Å²) < 4.78 is 0. The van der Waals surface area contributed by atoms with Crippen molar-refractivity contribution in [3.63, 3.8) is 0 Å². The molecule has 0 amide bonds. The predicted octanol–water partition coefficient (Wildman–Crippen LogP) is 5.05. The fraction of sp³-hybridized carbons (Fsp3) is 0.478. The molecule has 0 aliphatic carbocycles. The number of hydrogen-bond donors (Lipinski definition) is 0. The highest BCUT2D eigenvalue weighted by molar-refractivity contribution is 8.14. The molecule has 0 N–H and O–H groups in total. The van der Waals surface area contributed by atoms with E-state index in [4.69, 9.17) is 4.99 Å². The number of aliphatic imine (C=N–C) groups is 1. The summed E-state index contributed by atoms with van der Waals surface area (Å²) in [6, 6.07) is 16.4. The van der Waals surface area contributed by atoms with Gasteiger partial charge in [-0.25, -0.2) is 0 Å². The fourth-order valence-corrected chi connectivity index (χ4v) is 6.08. The highest BCUT2D eigenvalue weighted by Crippen LogP contribution is 2.48. The maximum atomic E-state index is 5.12. The van der Waals surface area contributed by atoms with Crippen LogP contribution in [-0.4, -0.2) is 39.9 Å². The van der Waals surface area contributed by atoms with E-state index < -0.39 is 0 Å². The molecular weight excluding hydrogens is 364 g/mol. The number of fused-ring (bicyclic) bond motifs is 1. The third-order valence-electron chi connectivity index (χ3n) is 6.29. The molecule has 0 bridgehead atoms. The zero-order valence-electron chi connectivity index (χ0n) is 16.5. The van der Waals surface area contributed by atoms with E-state index in [1.807, 2.05) is 24.0 Å². The van der Waals surface area contributed by atoms with E-state index in [9.17, 15) is 0 Å². The lowest BCUT2D eigenvalue weighted by Gasteiger charge is -2.33. The molecule has 3 aliphatic rings. The van der Waals surface area contributed by atoms with Crippen LogP contribution in [0.1, 0.15) is 55.9 Å². The van der Waals surface area contributed by atoms with Crippen molar-refractivity contribution in [1.82, 2.24) is 9.88 Å². The molecule has 3 atom stereocenters. The van der Waals surface area contributed by atoms with Crippen LogP contribution in [0.3, 0.4) is 0 Å². The van der Waals surface area contributed by atoms with Crippen LogP contribution >= 0.6 is 11.8 Å². The Morgan fingerprint density at radius 3 is 2.57 bits per heavy atom. The summed E-state index contributed by atoms with van der Waals surface area (Å²) in [5.41, 5.74) is 3.79. The standard InChI is InChI=1S/C23H28N4S/c1-2-18-16-28-23-25-21(20-8-4-5-13-24-20)22(27(18)23)17-9-11-19(12-10-17)26-14-6-3-7-15-26/h4-5,8-13,18,21-22H,2-3,6-7,14-16H2,1H3/t18-,21-,22+/m0/s1. The minimum atomic E-state index is 0.0823. The number of pyridine rings is 1. The molecule has 0 radical (unpaired) electrons. The normalized spacial score (nSPS) is 27.0. The van der Waals surface area contributed by atoms with Crippen molar-refractivity contribution in [2.45, 2.75) is 50.7 Å². The Hall–Kier alpha value is -2.01. The summed E-state index contributed by atoms with van der Waals surface area (Å²) >= 11 is 1.91. The fourth-order valence-electron chi connectivity index (χ4n) is 4.74. The molecule has 2 saturated heterocycles. The number of thioether (sulfide) groups is 1.